The molecule has 56 valence electrons. The Balaban J connectivity index is 2.76. The van der Waals surface area contributed by atoms with Crippen molar-refractivity contribution >= 4 is 5.91 Å². The highest BCUT2D eigenvalue weighted by Gasteiger charge is 2.17. The van der Waals surface area contributed by atoms with Gasteiger partial charge in [-0.05, 0) is 6.07 Å². The van der Waals surface area contributed by atoms with Crippen LogP contribution >= 0.6 is 0 Å². The van der Waals surface area contributed by atoms with Gasteiger partial charge in [-0.1, -0.05) is 6.07 Å². The summed E-state index contributed by atoms with van der Waals surface area (Å²) in [6, 6.07) is 4.65. The Labute approximate surface area is 62.5 Å². The van der Waals surface area contributed by atoms with E-state index in [1.807, 2.05) is 0 Å². The number of pyridine rings is 1. The molecule has 0 aliphatic carbocycles. The number of amides is 1. The van der Waals surface area contributed by atoms with Crippen LogP contribution in [0.15, 0.2) is 23.0 Å². The van der Waals surface area contributed by atoms with Gasteiger partial charge in [-0.25, -0.2) is 0 Å². The van der Waals surface area contributed by atoms with E-state index < -0.39 is 0 Å². The molecule has 0 aromatic carbocycles. The van der Waals surface area contributed by atoms with Gasteiger partial charge in [0.25, 0.3) is 11.5 Å². The average molecular weight is 150 g/mol. The van der Waals surface area contributed by atoms with Crippen molar-refractivity contribution in [3.63, 3.8) is 0 Å². The van der Waals surface area contributed by atoms with Crippen LogP contribution in [0.1, 0.15) is 10.5 Å². The van der Waals surface area contributed by atoms with Gasteiger partial charge in [0, 0.05) is 6.07 Å². The molecule has 11 heavy (non-hydrogen) atoms. The summed E-state index contributed by atoms with van der Waals surface area (Å²) in [6.45, 7) is 0.299. The first kappa shape index (κ1) is 6.15. The van der Waals surface area contributed by atoms with Crippen molar-refractivity contribution in [1.82, 2.24) is 9.88 Å². The molecule has 2 heterocycles. The second kappa shape index (κ2) is 1.95. The fraction of sp³-hybridized carbons (Fsp3) is 0.143. The molecule has 0 saturated carbocycles. The molecule has 1 aromatic heterocycles. The van der Waals surface area contributed by atoms with Gasteiger partial charge in [0.05, 0.1) is 6.67 Å². The first-order chi connectivity index (χ1) is 5.29. The van der Waals surface area contributed by atoms with Crippen LogP contribution in [0.3, 0.4) is 0 Å². The molecule has 1 aliphatic rings. The number of nitrogens with zero attached hydrogens (tertiary/aromatic N) is 1. The second-order valence-electron chi connectivity index (χ2n) is 2.34. The highest BCUT2D eigenvalue weighted by Crippen LogP contribution is 2.00. The second-order valence-corrected chi connectivity index (χ2v) is 2.34. The molecule has 0 radical (unpaired) electrons. The molecule has 0 spiro atoms. The van der Waals surface area contributed by atoms with E-state index in [4.69, 9.17) is 0 Å². The van der Waals surface area contributed by atoms with Gasteiger partial charge in [0.15, 0.2) is 0 Å². The molecule has 0 bridgehead atoms. The van der Waals surface area contributed by atoms with E-state index in [2.05, 4.69) is 5.32 Å². The van der Waals surface area contributed by atoms with Gasteiger partial charge in [0.1, 0.15) is 5.69 Å². The van der Waals surface area contributed by atoms with Crippen molar-refractivity contribution < 1.29 is 4.79 Å². The van der Waals surface area contributed by atoms with Gasteiger partial charge >= 0.3 is 0 Å². The van der Waals surface area contributed by atoms with Crippen molar-refractivity contribution in [3.8, 4) is 0 Å². The lowest BCUT2D eigenvalue weighted by Gasteiger charge is -1.95. The third kappa shape index (κ3) is 0.756. The molecule has 1 aliphatic heterocycles. The monoisotopic (exact) mass is 150 g/mol. The summed E-state index contributed by atoms with van der Waals surface area (Å²) in [7, 11) is 0. The average Bonchev–Trinajstić information content (AvgIpc) is 2.35. The zero-order valence-electron chi connectivity index (χ0n) is 5.70. The van der Waals surface area contributed by atoms with Gasteiger partial charge < -0.3 is 5.32 Å². The van der Waals surface area contributed by atoms with Crippen LogP contribution in [0.5, 0.6) is 0 Å². The van der Waals surface area contributed by atoms with Crippen LogP contribution in [-0.2, 0) is 6.67 Å². The van der Waals surface area contributed by atoms with Gasteiger partial charge in [-0.2, -0.15) is 0 Å². The van der Waals surface area contributed by atoms with E-state index in [0.717, 1.165) is 0 Å². The summed E-state index contributed by atoms with van der Waals surface area (Å²) in [4.78, 5) is 22.0. The van der Waals surface area contributed by atoms with E-state index >= 15 is 0 Å². The predicted octanol–water partition coefficient (Wildman–Crippen LogP) is -0.451. The third-order valence-corrected chi connectivity index (χ3v) is 1.68. The number of hydrogen-bond donors (Lipinski definition) is 1. The molecule has 1 N–H and O–H groups in total. The SMILES string of the molecule is O=C1NCn2c1cccc2=O. The number of aromatic nitrogens is 1. The summed E-state index contributed by atoms with van der Waals surface area (Å²) in [6.07, 6.45) is 0. The summed E-state index contributed by atoms with van der Waals surface area (Å²) < 4.78 is 1.41. The van der Waals surface area contributed by atoms with Crippen LogP contribution in [0.4, 0.5) is 0 Å². The van der Waals surface area contributed by atoms with Crippen LogP contribution in [0.2, 0.25) is 0 Å². The largest absolute Gasteiger partial charge is 0.333 e. The molecular formula is C7H6N2O2. The Morgan fingerprint density at radius 3 is 2.91 bits per heavy atom. The van der Waals surface area contributed by atoms with Gasteiger partial charge in [-0.3, -0.25) is 14.2 Å². The third-order valence-electron chi connectivity index (χ3n) is 1.68. The van der Waals surface area contributed by atoms with E-state index in [1.165, 1.54) is 10.6 Å². The normalized spacial score (nSPS) is 14.4. The van der Waals surface area contributed by atoms with E-state index in [9.17, 15) is 9.59 Å². The molecule has 1 amide bonds. The van der Waals surface area contributed by atoms with Crippen molar-refractivity contribution in [2.75, 3.05) is 0 Å². The molecule has 0 saturated heterocycles. The van der Waals surface area contributed by atoms with Gasteiger partial charge in [-0.15, -0.1) is 0 Å². The molecule has 0 atom stereocenters. The molecule has 0 fully saturated rings. The van der Waals surface area contributed by atoms with Crippen molar-refractivity contribution in [2.45, 2.75) is 6.67 Å². The van der Waals surface area contributed by atoms with E-state index in [1.54, 1.807) is 12.1 Å². The Kier molecular flexibility index (Phi) is 1.09. The lowest BCUT2D eigenvalue weighted by molar-refractivity contribution is 0.0966. The highest BCUT2D eigenvalue weighted by atomic mass is 16.2. The quantitative estimate of drug-likeness (QED) is 0.544. The minimum Gasteiger partial charge on any atom is -0.333 e. The van der Waals surface area contributed by atoms with Gasteiger partial charge in [0.2, 0.25) is 0 Å². The van der Waals surface area contributed by atoms with Crippen LogP contribution in [0, 0.1) is 0 Å². The topological polar surface area (TPSA) is 51.1 Å². The van der Waals surface area contributed by atoms with Crippen molar-refractivity contribution in [2.24, 2.45) is 0 Å². The fourth-order valence-corrected chi connectivity index (χ4v) is 1.12. The molecule has 2 rings (SSSR count). The standard InChI is InChI=1S/C7H6N2O2/c10-6-3-1-2-5-7(11)8-4-9(5)6/h1-3H,4H2,(H,8,11). The van der Waals surface area contributed by atoms with Crippen molar-refractivity contribution in [1.29, 1.82) is 0 Å². The maximum Gasteiger partial charge on any atom is 0.269 e. The molecule has 4 nitrogen and oxygen atoms in total. The fourth-order valence-electron chi connectivity index (χ4n) is 1.12. The lowest BCUT2D eigenvalue weighted by Crippen LogP contribution is -2.19. The van der Waals surface area contributed by atoms with Crippen molar-refractivity contribution in [3.05, 3.63) is 34.2 Å². The zero-order valence-corrected chi connectivity index (χ0v) is 5.70. The summed E-state index contributed by atoms with van der Waals surface area (Å²) in [5.41, 5.74) is 0.304. The maximum atomic E-state index is 11.0. The molecular weight excluding hydrogens is 144 g/mol. The minimum absolute atomic E-state index is 0.138. The van der Waals surface area contributed by atoms with Crippen LogP contribution < -0.4 is 10.9 Å². The maximum absolute atomic E-state index is 11.0. The number of fused-ring (bicyclic) bond motifs is 1. The minimum atomic E-state index is -0.178. The molecule has 0 unspecified atom stereocenters. The number of carbonyl (C=O) groups excluding carboxylic acids is 1. The Morgan fingerprint density at radius 1 is 1.36 bits per heavy atom. The lowest BCUT2D eigenvalue weighted by atomic mass is 10.3. The number of carbonyl (C=O) groups is 1. The Morgan fingerprint density at radius 2 is 2.18 bits per heavy atom. The molecule has 1 aromatic rings. The van der Waals surface area contributed by atoms with E-state index in [-0.39, 0.29) is 11.5 Å². The number of rotatable bonds is 0. The smallest absolute Gasteiger partial charge is 0.269 e. The first-order valence-electron chi connectivity index (χ1n) is 3.27. The summed E-state index contributed by atoms with van der Waals surface area (Å²) >= 11 is 0. The molecule has 4 heteroatoms. The predicted molar refractivity (Wildman–Crippen MR) is 38.2 cm³/mol. The Bertz CT molecular complexity index is 367. The number of hydrogen-bond acceptors (Lipinski definition) is 2. The highest BCUT2D eigenvalue weighted by molar-refractivity contribution is 5.93. The summed E-state index contributed by atoms with van der Waals surface area (Å²) in [5, 5.41) is 2.55. The number of nitrogens with one attached hydrogen (secondary N) is 1. The van der Waals surface area contributed by atoms with Crippen LogP contribution in [0.25, 0.3) is 0 Å². The van der Waals surface area contributed by atoms with E-state index in [0.29, 0.717) is 12.4 Å². The summed E-state index contributed by atoms with van der Waals surface area (Å²) in [5.74, 6) is -0.178. The first-order valence-corrected chi connectivity index (χ1v) is 3.27. The van der Waals surface area contributed by atoms with Crippen LogP contribution in [-0.4, -0.2) is 10.5 Å². The zero-order chi connectivity index (χ0) is 7.84. The Hall–Kier alpha value is -1.58.